The number of aliphatic hydroxyl groups is 1. The largest absolute Gasteiger partial charge is 0.445 e. The van der Waals surface area contributed by atoms with Crippen LogP contribution in [0.15, 0.2) is 42.0 Å². The Balaban J connectivity index is 1.77. The van der Waals surface area contributed by atoms with Crippen LogP contribution in [0.4, 0.5) is 4.79 Å². The van der Waals surface area contributed by atoms with Gasteiger partial charge in [-0.25, -0.2) is 4.79 Å². The van der Waals surface area contributed by atoms with Gasteiger partial charge in [-0.05, 0) is 5.56 Å². The van der Waals surface area contributed by atoms with Gasteiger partial charge in [0.1, 0.15) is 6.61 Å². The van der Waals surface area contributed by atoms with Crippen LogP contribution in [-0.4, -0.2) is 28.8 Å². The van der Waals surface area contributed by atoms with Gasteiger partial charge in [0.25, 0.3) is 0 Å². The van der Waals surface area contributed by atoms with E-state index in [9.17, 15) is 9.90 Å². The van der Waals surface area contributed by atoms with Crippen molar-refractivity contribution in [3.8, 4) is 0 Å². The molecule has 0 saturated carbocycles. The summed E-state index contributed by atoms with van der Waals surface area (Å²) in [6, 6.07) is 9.08. The van der Waals surface area contributed by atoms with Crippen LogP contribution in [0.25, 0.3) is 0 Å². The number of aromatic nitrogens is 1. The van der Waals surface area contributed by atoms with Crippen LogP contribution < -0.4 is 5.32 Å². The minimum Gasteiger partial charge on any atom is -0.445 e. The van der Waals surface area contributed by atoms with Gasteiger partial charge in [-0.1, -0.05) is 30.3 Å². The van der Waals surface area contributed by atoms with Crippen molar-refractivity contribution in [2.45, 2.75) is 19.1 Å². The predicted molar refractivity (Wildman–Crippen MR) is 76.5 cm³/mol. The van der Waals surface area contributed by atoms with Crippen molar-refractivity contribution in [3.05, 3.63) is 52.5 Å². The van der Waals surface area contributed by atoms with Crippen LogP contribution in [0.2, 0.25) is 0 Å². The summed E-state index contributed by atoms with van der Waals surface area (Å²) in [5, 5.41) is 11.9. The molecule has 1 aromatic carbocycles. The van der Waals surface area contributed by atoms with Gasteiger partial charge in [-0.2, -0.15) is 0 Å². The third-order valence-electron chi connectivity index (χ3n) is 2.69. The molecule has 6 heteroatoms. The molecule has 0 aliphatic rings. The topological polar surface area (TPSA) is 71.5 Å². The number of ether oxygens (including phenoxy) is 1. The quantitative estimate of drug-likeness (QED) is 0.854. The lowest BCUT2D eigenvalue weighted by molar-refractivity contribution is 0.129. The van der Waals surface area contributed by atoms with E-state index in [0.29, 0.717) is 6.42 Å². The number of nitrogens with zero attached hydrogens (tertiary/aromatic N) is 1. The second-order valence-electron chi connectivity index (χ2n) is 4.26. The Morgan fingerprint density at radius 2 is 2.20 bits per heavy atom. The van der Waals surface area contributed by atoms with E-state index in [1.807, 2.05) is 30.3 Å². The number of thiazole rings is 1. The molecule has 5 nitrogen and oxygen atoms in total. The SMILES string of the molecule is O=C(NC(CO)Cc1cncs1)OCc1ccccc1. The normalized spacial score (nSPS) is 11.8. The molecule has 0 radical (unpaired) electrons. The molecule has 1 atom stereocenters. The van der Waals surface area contributed by atoms with Crippen molar-refractivity contribution in [2.75, 3.05) is 6.61 Å². The molecule has 1 amide bonds. The molecule has 0 spiro atoms. The Bertz CT molecular complexity index is 516. The minimum absolute atomic E-state index is 0.141. The summed E-state index contributed by atoms with van der Waals surface area (Å²) in [7, 11) is 0. The monoisotopic (exact) mass is 292 g/mol. The highest BCUT2D eigenvalue weighted by atomic mass is 32.1. The molecule has 1 heterocycles. The molecule has 2 N–H and O–H groups in total. The molecule has 0 saturated heterocycles. The van der Waals surface area contributed by atoms with E-state index in [4.69, 9.17) is 4.74 Å². The van der Waals surface area contributed by atoms with Crippen LogP contribution in [0.3, 0.4) is 0 Å². The van der Waals surface area contributed by atoms with Gasteiger partial charge < -0.3 is 15.2 Å². The molecule has 2 aromatic rings. The fraction of sp³-hybridized carbons (Fsp3) is 0.286. The molecule has 0 aliphatic heterocycles. The number of aliphatic hydroxyl groups excluding tert-OH is 1. The standard InChI is InChI=1S/C14H16N2O3S/c17-8-12(6-13-7-15-10-20-13)16-14(18)19-9-11-4-2-1-3-5-11/h1-5,7,10,12,17H,6,8-9H2,(H,16,18). The number of rotatable bonds is 6. The van der Waals surface area contributed by atoms with Crippen LogP contribution >= 0.6 is 11.3 Å². The molecular formula is C14H16N2O3S. The molecular weight excluding hydrogens is 276 g/mol. The molecule has 20 heavy (non-hydrogen) atoms. The van der Waals surface area contributed by atoms with Crippen molar-refractivity contribution in [1.29, 1.82) is 0 Å². The maximum absolute atomic E-state index is 11.7. The number of carbonyl (C=O) groups excluding carboxylic acids is 1. The Morgan fingerprint density at radius 3 is 2.85 bits per heavy atom. The zero-order chi connectivity index (χ0) is 14.2. The third kappa shape index (κ3) is 4.64. The number of hydrogen-bond acceptors (Lipinski definition) is 5. The Hall–Kier alpha value is -1.92. The summed E-state index contributed by atoms with van der Waals surface area (Å²) in [5.74, 6) is 0. The number of nitrogens with one attached hydrogen (secondary N) is 1. The molecule has 1 unspecified atom stereocenters. The Kier molecular flexibility index (Phi) is 5.52. The average Bonchev–Trinajstić information content (AvgIpc) is 2.98. The van der Waals surface area contributed by atoms with E-state index in [1.54, 1.807) is 11.7 Å². The highest BCUT2D eigenvalue weighted by Gasteiger charge is 2.13. The number of hydrogen-bond donors (Lipinski definition) is 2. The smallest absolute Gasteiger partial charge is 0.407 e. The zero-order valence-corrected chi connectivity index (χ0v) is 11.7. The van der Waals surface area contributed by atoms with Crippen molar-refractivity contribution >= 4 is 17.4 Å². The first-order valence-corrected chi connectivity index (χ1v) is 7.11. The zero-order valence-electron chi connectivity index (χ0n) is 10.9. The number of benzene rings is 1. The van der Waals surface area contributed by atoms with Gasteiger partial charge >= 0.3 is 6.09 Å². The van der Waals surface area contributed by atoms with Crippen molar-refractivity contribution in [3.63, 3.8) is 0 Å². The average molecular weight is 292 g/mol. The van der Waals surface area contributed by atoms with Crippen LogP contribution in [0, 0.1) is 0 Å². The molecule has 2 rings (SSSR count). The van der Waals surface area contributed by atoms with Gasteiger partial charge in [-0.3, -0.25) is 4.98 Å². The van der Waals surface area contributed by atoms with Gasteiger partial charge in [0.15, 0.2) is 0 Å². The number of carbonyl (C=O) groups is 1. The third-order valence-corrected chi connectivity index (χ3v) is 3.49. The first-order chi connectivity index (χ1) is 9.78. The first kappa shape index (κ1) is 14.5. The lowest BCUT2D eigenvalue weighted by atomic mass is 10.2. The summed E-state index contributed by atoms with van der Waals surface area (Å²) < 4.78 is 5.11. The van der Waals surface area contributed by atoms with Crippen LogP contribution in [0.1, 0.15) is 10.4 Å². The summed E-state index contributed by atoms with van der Waals surface area (Å²) in [5.41, 5.74) is 2.64. The van der Waals surface area contributed by atoms with E-state index in [-0.39, 0.29) is 19.3 Å². The molecule has 0 fully saturated rings. The van der Waals surface area contributed by atoms with Crippen molar-refractivity contribution in [2.24, 2.45) is 0 Å². The van der Waals surface area contributed by atoms with Gasteiger partial charge in [0, 0.05) is 17.5 Å². The van der Waals surface area contributed by atoms with E-state index >= 15 is 0 Å². The molecule has 0 aliphatic carbocycles. The first-order valence-electron chi connectivity index (χ1n) is 6.23. The maximum atomic E-state index is 11.7. The summed E-state index contributed by atoms with van der Waals surface area (Å²) in [4.78, 5) is 16.6. The second kappa shape index (κ2) is 7.62. The minimum atomic E-state index is -0.530. The van der Waals surface area contributed by atoms with E-state index in [0.717, 1.165) is 10.4 Å². The Labute approximate surface area is 121 Å². The summed E-state index contributed by atoms with van der Waals surface area (Å²) >= 11 is 1.49. The Morgan fingerprint density at radius 1 is 1.40 bits per heavy atom. The maximum Gasteiger partial charge on any atom is 0.407 e. The van der Waals surface area contributed by atoms with Crippen molar-refractivity contribution < 1.29 is 14.6 Å². The number of amides is 1. The van der Waals surface area contributed by atoms with Gasteiger partial charge in [0.05, 0.1) is 18.2 Å². The highest BCUT2D eigenvalue weighted by Crippen LogP contribution is 2.09. The van der Waals surface area contributed by atoms with Crippen molar-refractivity contribution in [1.82, 2.24) is 10.3 Å². The predicted octanol–water partition coefficient (Wildman–Crippen LogP) is 1.97. The molecule has 106 valence electrons. The number of alkyl carbamates (subject to hydrolysis) is 1. The second-order valence-corrected chi connectivity index (χ2v) is 5.23. The van der Waals surface area contributed by atoms with Gasteiger partial charge in [-0.15, -0.1) is 11.3 Å². The van der Waals surface area contributed by atoms with E-state index in [2.05, 4.69) is 10.3 Å². The van der Waals surface area contributed by atoms with Gasteiger partial charge in [0.2, 0.25) is 0 Å². The van der Waals surface area contributed by atoms with E-state index in [1.165, 1.54) is 11.3 Å². The lowest BCUT2D eigenvalue weighted by Crippen LogP contribution is -2.39. The lowest BCUT2D eigenvalue weighted by Gasteiger charge is -2.15. The fourth-order valence-corrected chi connectivity index (χ4v) is 2.35. The fourth-order valence-electron chi connectivity index (χ4n) is 1.68. The highest BCUT2D eigenvalue weighted by molar-refractivity contribution is 7.09. The molecule has 0 bridgehead atoms. The van der Waals surface area contributed by atoms with E-state index < -0.39 is 6.09 Å². The van der Waals surface area contributed by atoms with Crippen LogP contribution in [0.5, 0.6) is 0 Å². The summed E-state index contributed by atoms with van der Waals surface area (Å²) in [6.45, 7) is 0.0731. The molecule has 1 aromatic heterocycles. The summed E-state index contributed by atoms with van der Waals surface area (Å²) in [6.07, 6.45) is 1.74. The van der Waals surface area contributed by atoms with Crippen LogP contribution in [-0.2, 0) is 17.8 Å².